The Hall–Kier alpha value is -4.11. The second-order valence-electron chi connectivity index (χ2n) is 9.42. The Morgan fingerprint density at radius 2 is 1.64 bits per heavy atom. The average Bonchev–Trinajstić information content (AvgIpc) is 2.92. The second-order valence-corrected chi connectivity index (χ2v) is 9.42. The lowest BCUT2D eigenvalue weighted by Gasteiger charge is -2.36. The predicted molar refractivity (Wildman–Crippen MR) is 143 cm³/mol. The molecule has 2 aromatic carbocycles. The molecule has 1 aliphatic carbocycles. The van der Waals surface area contributed by atoms with Gasteiger partial charge in [-0.05, 0) is 54.7 Å². The minimum absolute atomic E-state index is 0.0285. The largest absolute Gasteiger partial charge is 0.497 e. The number of Topliss-reactive ketones (excluding diaryl/α,β-unsaturated/α-hetero) is 1. The lowest BCUT2D eigenvalue weighted by Crippen LogP contribution is -2.36. The zero-order chi connectivity index (χ0) is 28.1. The lowest BCUT2D eigenvalue weighted by molar-refractivity contribution is -0.140. The van der Waals surface area contributed by atoms with Crippen molar-refractivity contribution in [1.82, 2.24) is 5.32 Å². The Labute approximate surface area is 227 Å². The van der Waals surface area contributed by atoms with Gasteiger partial charge in [0.1, 0.15) is 12.4 Å². The van der Waals surface area contributed by atoms with Crippen LogP contribution in [-0.2, 0) is 23.9 Å². The summed E-state index contributed by atoms with van der Waals surface area (Å²) in [5.41, 5.74) is 3.91. The number of carbonyl (C=O) groups excluding carboxylic acids is 3. The van der Waals surface area contributed by atoms with Gasteiger partial charge in [0.25, 0.3) is 0 Å². The summed E-state index contributed by atoms with van der Waals surface area (Å²) in [5, 5.41) is 3.34. The number of allylic oxidation sites excluding steroid dienone is 3. The van der Waals surface area contributed by atoms with Gasteiger partial charge in [0, 0.05) is 43.3 Å². The fourth-order valence-corrected chi connectivity index (χ4v) is 5.15. The van der Waals surface area contributed by atoms with Crippen LogP contribution < -0.4 is 19.5 Å². The first-order valence-corrected chi connectivity index (χ1v) is 12.7. The third kappa shape index (κ3) is 5.98. The van der Waals surface area contributed by atoms with E-state index in [4.69, 9.17) is 23.7 Å². The minimum Gasteiger partial charge on any atom is -0.497 e. The summed E-state index contributed by atoms with van der Waals surface area (Å²) in [6.45, 7) is 3.43. The molecular formula is C30H33NO8. The molecule has 0 unspecified atom stereocenters. The highest BCUT2D eigenvalue weighted by Gasteiger charge is 2.41. The maximum Gasteiger partial charge on any atom is 0.336 e. The molecule has 1 aliphatic heterocycles. The molecule has 1 N–H and O–H groups in total. The van der Waals surface area contributed by atoms with Gasteiger partial charge < -0.3 is 29.0 Å². The van der Waals surface area contributed by atoms with Gasteiger partial charge in [-0.25, -0.2) is 4.79 Å². The molecule has 0 amide bonds. The number of ether oxygens (including phenoxy) is 5. The molecule has 0 fully saturated rings. The Bertz CT molecular complexity index is 1320. The minimum atomic E-state index is -0.694. The SMILES string of the molecule is COCCOC(=O)C1=C(C)NC2=C(C(=O)C[C@H](c3ccc(OC)cc3)C2)[C@H]1c1ccc(OC(C)=O)c(OC)c1. The van der Waals surface area contributed by atoms with E-state index in [9.17, 15) is 14.4 Å². The first-order valence-electron chi connectivity index (χ1n) is 12.7. The van der Waals surface area contributed by atoms with E-state index in [0.29, 0.717) is 34.6 Å². The quantitative estimate of drug-likeness (QED) is 0.287. The number of rotatable bonds is 9. The molecule has 206 valence electrons. The zero-order valence-corrected chi connectivity index (χ0v) is 22.8. The van der Waals surface area contributed by atoms with Gasteiger partial charge in [-0.15, -0.1) is 0 Å². The van der Waals surface area contributed by atoms with Crippen molar-refractivity contribution in [2.75, 3.05) is 34.5 Å². The number of hydrogen-bond donors (Lipinski definition) is 1. The monoisotopic (exact) mass is 535 g/mol. The molecule has 4 rings (SSSR count). The summed E-state index contributed by atoms with van der Waals surface area (Å²) in [5.74, 6) is -0.505. The topological polar surface area (TPSA) is 109 Å². The Morgan fingerprint density at radius 3 is 2.28 bits per heavy atom. The van der Waals surface area contributed by atoms with Crippen LogP contribution >= 0.6 is 0 Å². The predicted octanol–water partition coefficient (Wildman–Crippen LogP) is 4.18. The van der Waals surface area contributed by atoms with Crippen LogP contribution in [0.5, 0.6) is 17.2 Å². The highest BCUT2D eigenvalue weighted by atomic mass is 16.6. The van der Waals surface area contributed by atoms with Gasteiger partial charge in [0.2, 0.25) is 0 Å². The van der Waals surface area contributed by atoms with Crippen molar-refractivity contribution in [1.29, 1.82) is 0 Å². The third-order valence-electron chi connectivity index (χ3n) is 6.93. The van der Waals surface area contributed by atoms with Crippen LogP contribution in [-0.4, -0.2) is 52.3 Å². The normalized spacial score (nSPS) is 18.7. The molecule has 9 heteroatoms. The first kappa shape index (κ1) is 27.9. The van der Waals surface area contributed by atoms with E-state index >= 15 is 0 Å². The number of dihydropyridines is 1. The number of hydrogen-bond acceptors (Lipinski definition) is 9. The van der Waals surface area contributed by atoms with E-state index in [-0.39, 0.29) is 37.1 Å². The fourth-order valence-electron chi connectivity index (χ4n) is 5.15. The molecule has 39 heavy (non-hydrogen) atoms. The summed E-state index contributed by atoms with van der Waals surface area (Å²) in [4.78, 5) is 38.7. The van der Waals surface area contributed by atoms with Gasteiger partial charge in [0.15, 0.2) is 17.3 Å². The molecule has 0 saturated carbocycles. The Kier molecular flexibility index (Phi) is 8.71. The summed E-state index contributed by atoms with van der Waals surface area (Å²) in [7, 11) is 4.60. The van der Waals surface area contributed by atoms with Gasteiger partial charge in [-0.1, -0.05) is 18.2 Å². The smallest absolute Gasteiger partial charge is 0.336 e. The van der Waals surface area contributed by atoms with Gasteiger partial charge >= 0.3 is 11.9 Å². The van der Waals surface area contributed by atoms with Gasteiger partial charge in [0.05, 0.1) is 26.4 Å². The molecule has 2 aromatic rings. The highest BCUT2D eigenvalue weighted by molar-refractivity contribution is 6.04. The van der Waals surface area contributed by atoms with Crippen molar-refractivity contribution in [3.63, 3.8) is 0 Å². The van der Waals surface area contributed by atoms with E-state index in [1.54, 1.807) is 32.2 Å². The molecular weight excluding hydrogens is 502 g/mol. The number of methoxy groups -OCH3 is 3. The van der Waals surface area contributed by atoms with Crippen LogP contribution in [0.2, 0.25) is 0 Å². The number of esters is 2. The summed E-state index contributed by atoms with van der Waals surface area (Å²) in [6.07, 6.45) is 0.882. The van der Waals surface area contributed by atoms with Gasteiger partial charge in [-0.3, -0.25) is 9.59 Å². The number of carbonyl (C=O) groups is 3. The molecule has 1 heterocycles. The highest BCUT2D eigenvalue weighted by Crippen LogP contribution is 2.47. The van der Waals surface area contributed by atoms with Crippen molar-refractivity contribution in [2.24, 2.45) is 0 Å². The van der Waals surface area contributed by atoms with Crippen molar-refractivity contribution in [3.05, 3.63) is 76.1 Å². The number of ketones is 1. The van der Waals surface area contributed by atoms with Crippen LogP contribution in [0.1, 0.15) is 49.7 Å². The molecule has 0 bridgehead atoms. The Balaban J connectivity index is 1.77. The van der Waals surface area contributed by atoms with Gasteiger partial charge in [-0.2, -0.15) is 0 Å². The molecule has 9 nitrogen and oxygen atoms in total. The maximum atomic E-state index is 13.8. The second kappa shape index (κ2) is 12.2. The van der Waals surface area contributed by atoms with E-state index < -0.39 is 17.9 Å². The van der Waals surface area contributed by atoms with Crippen molar-refractivity contribution >= 4 is 17.7 Å². The summed E-state index contributed by atoms with van der Waals surface area (Å²) in [6, 6.07) is 12.8. The van der Waals surface area contributed by atoms with Crippen molar-refractivity contribution < 1.29 is 38.1 Å². The zero-order valence-electron chi connectivity index (χ0n) is 22.8. The first-order chi connectivity index (χ1) is 18.8. The van der Waals surface area contributed by atoms with Crippen LogP contribution in [0.25, 0.3) is 0 Å². The molecule has 2 atom stereocenters. The van der Waals surface area contributed by atoms with E-state index in [0.717, 1.165) is 17.0 Å². The standard InChI is InChI=1S/C30H33NO8/c1-17-27(30(34)38-13-12-35-3)28(20-8-11-25(39-18(2)32)26(16-20)37-5)29-23(31-17)14-21(15-24(29)33)19-6-9-22(36-4)10-7-19/h6-11,16,21,28,31H,12-15H2,1-5H3/t21-,28+/m1/s1. The number of nitrogens with one attached hydrogen (secondary N) is 1. The van der Waals surface area contributed by atoms with Crippen molar-refractivity contribution in [3.8, 4) is 17.2 Å². The van der Waals surface area contributed by atoms with E-state index in [1.807, 2.05) is 24.3 Å². The summed E-state index contributed by atoms with van der Waals surface area (Å²) >= 11 is 0. The van der Waals surface area contributed by atoms with Crippen LogP contribution in [0, 0.1) is 0 Å². The van der Waals surface area contributed by atoms with Crippen LogP contribution in [0.15, 0.2) is 65.0 Å². The van der Waals surface area contributed by atoms with E-state index in [1.165, 1.54) is 21.1 Å². The fraction of sp³-hybridized carbons (Fsp3) is 0.367. The lowest BCUT2D eigenvalue weighted by atomic mass is 9.71. The maximum absolute atomic E-state index is 13.8. The molecule has 0 aromatic heterocycles. The Morgan fingerprint density at radius 1 is 0.923 bits per heavy atom. The van der Waals surface area contributed by atoms with Crippen molar-refractivity contribution in [2.45, 2.75) is 38.5 Å². The molecule has 0 saturated heterocycles. The molecule has 0 radical (unpaired) electrons. The van der Waals surface area contributed by atoms with Crippen LogP contribution in [0.4, 0.5) is 0 Å². The molecule has 2 aliphatic rings. The summed E-state index contributed by atoms with van der Waals surface area (Å²) < 4.78 is 26.5. The van der Waals surface area contributed by atoms with E-state index in [2.05, 4.69) is 5.32 Å². The average molecular weight is 536 g/mol. The molecule has 0 spiro atoms. The van der Waals surface area contributed by atoms with Crippen LogP contribution in [0.3, 0.4) is 0 Å². The third-order valence-corrected chi connectivity index (χ3v) is 6.93. The number of benzene rings is 2.